The molecule has 0 amide bonds. The van der Waals surface area contributed by atoms with Crippen LogP contribution in [-0.4, -0.2) is 26.6 Å². The van der Waals surface area contributed by atoms with Crippen LogP contribution in [0.3, 0.4) is 0 Å². The van der Waals surface area contributed by atoms with E-state index in [1.807, 2.05) is 12.1 Å². The second-order valence-corrected chi connectivity index (χ2v) is 3.65. The van der Waals surface area contributed by atoms with Crippen molar-refractivity contribution in [2.45, 2.75) is 19.9 Å². The minimum absolute atomic E-state index is 0.233. The molecule has 2 aromatic rings. The Kier molecular flexibility index (Phi) is 2.52. The Hall–Kier alpha value is -2.04. The highest BCUT2D eigenvalue weighted by molar-refractivity contribution is 6.03. The predicted octanol–water partition coefficient (Wildman–Crippen LogP) is 1.15. The van der Waals surface area contributed by atoms with Crippen molar-refractivity contribution in [2.24, 2.45) is 0 Å². The van der Waals surface area contributed by atoms with Crippen molar-refractivity contribution in [1.82, 2.24) is 15.0 Å². The Morgan fingerprint density at radius 3 is 2.44 bits per heavy atom. The first-order valence-corrected chi connectivity index (χ1v) is 4.92. The maximum Gasteiger partial charge on any atom is 0.170 e. The van der Waals surface area contributed by atoms with Crippen LogP contribution < -0.4 is 0 Å². The zero-order valence-corrected chi connectivity index (χ0v) is 9.04. The molecule has 0 radical (unpaired) electrons. The SMILES string of the molecule is CC(=O)C(C(C)=O)n1nnc2ccccc21. The van der Waals surface area contributed by atoms with Crippen LogP contribution in [0.4, 0.5) is 0 Å². The maximum absolute atomic E-state index is 11.4. The summed E-state index contributed by atoms with van der Waals surface area (Å²) in [6.45, 7) is 2.76. The Bertz CT molecular complexity index is 545. The minimum Gasteiger partial charge on any atom is -0.297 e. The Balaban J connectivity index is 2.61. The average Bonchev–Trinajstić information content (AvgIpc) is 2.61. The van der Waals surface area contributed by atoms with Gasteiger partial charge in [0.15, 0.2) is 17.6 Å². The van der Waals surface area contributed by atoms with Gasteiger partial charge in [-0.15, -0.1) is 5.10 Å². The highest BCUT2D eigenvalue weighted by Gasteiger charge is 2.24. The fourth-order valence-electron chi connectivity index (χ4n) is 1.71. The smallest absolute Gasteiger partial charge is 0.170 e. The fraction of sp³-hybridized carbons (Fsp3) is 0.273. The number of hydrogen-bond acceptors (Lipinski definition) is 4. The van der Waals surface area contributed by atoms with E-state index in [-0.39, 0.29) is 11.6 Å². The van der Waals surface area contributed by atoms with Crippen LogP contribution in [0.15, 0.2) is 24.3 Å². The lowest BCUT2D eigenvalue weighted by Crippen LogP contribution is -2.25. The fourth-order valence-corrected chi connectivity index (χ4v) is 1.71. The molecule has 0 spiro atoms. The number of hydrogen-bond donors (Lipinski definition) is 0. The van der Waals surface area contributed by atoms with Crippen molar-refractivity contribution in [2.75, 3.05) is 0 Å². The predicted molar refractivity (Wildman–Crippen MR) is 57.9 cm³/mol. The van der Waals surface area contributed by atoms with Crippen LogP contribution in [-0.2, 0) is 9.59 Å². The summed E-state index contributed by atoms with van der Waals surface area (Å²) in [7, 11) is 0. The number of Topliss-reactive ketones (excluding diaryl/α,β-unsaturated/α-hetero) is 2. The number of benzene rings is 1. The molecule has 5 heteroatoms. The highest BCUT2D eigenvalue weighted by atomic mass is 16.2. The molecule has 1 aromatic heterocycles. The van der Waals surface area contributed by atoms with Crippen LogP contribution in [0.25, 0.3) is 11.0 Å². The molecule has 0 aliphatic heterocycles. The molecule has 0 bridgehead atoms. The van der Waals surface area contributed by atoms with E-state index in [4.69, 9.17) is 0 Å². The number of carbonyl (C=O) groups excluding carboxylic acids is 2. The molecule has 82 valence electrons. The summed E-state index contributed by atoms with van der Waals surface area (Å²) in [6.07, 6.45) is 0. The molecule has 5 nitrogen and oxygen atoms in total. The van der Waals surface area contributed by atoms with Gasteiger partial charge in [0.2, 0.25) is 0 Å². The molecule has 0 saturated carbocycles. The highest BCUT2D eigenvalue weighted by Crippen LogP contribution is 2.16. The van der Waals surface area contributed by atoms with Crippen molar-refractivity contribution in [3.8, 4) is 0 Å². The third-order valence-corrected chi connectivity index (χ3v) is 2.39. The Labute approximate surface area is 92.1 Å². The van der Waals surface area contributed by atoms with Crippen LogP contribution in [0.5, 0.6) is 0 Å². The van der Waals surface area contributed by atoms with E-state index in [0.717, 1.165) is 0 Å². The quantitative estimate of drug-likeness (QED) is 0.723. The number of rotatable bonds is 3. The second kappa shape index (κ2) is 3.84. The minimum atomic E-state index is -0.868. The third kappa shape index (κ3) is 1.60. The van der Waals surface area contributed by atoms with Crippen LogP contribution in [0.2, 0.25) is 0 Å². The maximum atomic E-state index is 11.4. The van der Waals surface area contributed by atoms with Crippen molar-refractivity contribution < 1.29 is 9.59 Å². The zero-order chi connectivity index (χ0) is 11.7. The number of ketones is 2. The number of carbonyl (C=O) groups is 2. The van der Waals surface area contributed by atoms with Crippen molar-refractivity contribution in [3.63, 3.8) is 0 Å². The Morgan fingerprint density at radius 2 is 1.81 bits per heavy atom. The van der Waals surface area contributed by atoms with Gasteiger partial charge in [-0.3, -0.25) is 9.59 Å². The lowest BCUT2D eigenvalue weighted by molar-refractivity contribution is -0.129. The van der Waals surface area contributed by atoms with Crippen LogP contribution >= 0.6 is 0 Å². The first-order valence-electron chi connectivity index (χ1n) is 4.92. The second-order valence-electron chi connectivity index (χ2n) is 3.65. The Morgan fingerprint density at radius 1 is 1.19 bits per heavy atom. The summed E-state index contributed by atoms with van der Waals surface area (Å²) in [5, 5.41) is 7.78. The molecular formula is C11H11N3O2. The van der Waals surface area contributed by atoms with Crippen LogP contribution in [0, 0.1) is 0 Å². The molecule has 0 fully saturated rings. The van der Waals surface area contributed by atoms with E-state index >= 15 is 0 Å². The standard InChI is InChI=1S/C11H11N3O2/c1-7(15)11(8(2)16)14-10-6-4-3-5-9(10)12-13-14/h3-6,11H,1-2H3. The van der Waals surface area contributed by atoms with E-state index in [1.165, 1.54) is 18.5 Å². The number of nitrogens with zero attached hydrogens (tertiary/aromatic N) is 3. The summed E-state index contributed by atoms with van der Waals surface area (Å²) in [4.78, 5) is 22.8. The third-order valence-electron chi connectivity index (χ3n) is 2.39. The molecular weight excluding hydrogens is 206 g/mol. The molecule has 2 rings (SSSR count). The van der Waals surface area contributed by atoms with Gasteiger partial charge >= 0.3 is 0 Å². The molecule has 0 aliphatic rings. The van der Waals surface area contributed by atoms with Gasteiger partial charge in [-0.05, 0) is 26.0 Å². The summed E-state index contributed by atoms with van der Waals surface area (Å²) >= 11 is 0. The van der Waals surface area contributed by atoms with Gasteiger partial charge in [-0.25, -0.2) is 4.68 Å². The molecule has 16 heavy (non-hydrogen) atoms. The molecule has 0 aliphatic carbocycles. The van der Waals surface area contributed by atoms with Gasteiger partial charge in [0.05, 0.1) is 5.52 Å². The molecule has 1 aromatic carbocycles. The number of fused-ring (bicyclic) bond motifs is 1. The molecule has 0 N–H and O–H groups in total. The van der Waals surface area contributed by atoms with E-state index in [1.54, 1.807) is 12.1 Å². The summed E-state index contributed by atoms with van der Waals surface area (Å²) in [6, 6.07) is 6.36. The lowest BCUT2D eigenvalue weighted by Gasteiger charge is -2.10. The first-order chi connectivity index (χ1) is 7.61. The summed E-state index contributed by atoms with van der Waals surface area (Å²) in [5.41, 5.74) is 1.37. The number of aromatic nitrogens is 3. The first kappa shape index (κ1) is 10.5. The molecule has 0 unspecified atom stereocenters. The average molecular weight is 217 g/mol. The van der Waals surface area contributed by atoms with Gasteiger partial charge in [-0.2, -0.15) is 0 Å². The zero-order valence-electron chi connectivity index (χ0n) is 9.04. The molecule has 0 atom stereocenters. The topological polar surface area (TPSA) is 64.8 Å². The van der Waals surface area contributed by atoms with Gasteiger partial charge in [-0.1, -0.05) is 17.3 Å². The normalized spacial score (nSPS) is 10.9. The van der Waals surface area contributed by atoms with Crippen molar-refractivity contribution in [1.29, 1.82) is 0 Å². The van der Waals surface area contributed by atoms with E-state index in [9.17, 15) is 9.59 Å². The van der Waals surface area contributed by atoms with Crippen molar-refractivity contribution in [3.05, 3.63) is 24.3 Å². The van der Waals surface area contributed by atoms with Gasteiger partial charge in [0.1, 0.15) is 5.52 Å². The largest absolute Gasteiger partial charge is 0.297 e. The van der Waals surface area contributed by atoms with Gasteiger partial charge in [0, 0.05) is 0 Å². The summed E-state index contributed by atoms with van der Waals surface area (Å²) < 4.78 is 1.37. The lowest BCUT2D eigenvalue weighted by atomic mass is 10.1. The molecule has 0 saturated heterocycles. The molecule has 1 heterocycles. The number of para-hydroxylation sites is 1. The summed E-state index contributed by atoms with van der Waals surface area (Å²) in [5.74, 6) is -0.466. The van der Waals surface area contributed by atoms with Crippen LogP contribution in [0.1, 0.15) is 19.9 Å². The van der Waals surface area contributed by atoms with E-state index in [0.29, 0.717) is 11.0 Å². The monoisotopic (exact) mass is 217 g/mol. The van der Waals surface area contributed by atoms with Crippen molar-refractivity contribution >= 4 is 22.6 Å². The van der Waals surface area contributed by atoms with E-state index in [2.05, 4.69) is 10.3 Å². The van der Waals surface area contributed by atoms with Gasteiger partial charge in [0.25, 0.3) is 0 Å². The van der Waals surface area contributed by atoms with Gasteiger partial charge < -0.3 is 0 Å². The van der Waals surface area contributed by atoms with E-state index < -0.39 is 6.04 Å².